The summed E-state index contributed by atoms with van der Waals surface area (Å²) in [7, 11) is 0. The van der Waals surface area contributed by atoms with Gasteiger partial charge in [-0.05, 0) is 23.5 Å². The molecule has 1 N–H and O–H groups in total. The van der Waals surface area contributed by atoms with E-state index in [9.17, 15) is 9.90 Å². The summed E-state index contributed by atoms with van der Waals surface area (Å²) in [5, 5.41) is 10.0. The van der Waals surface area contributed by atoms with E-state index in [4.69, 9.17) is 0 Å². The van der Waals surface area contributed by atoms with Crippen molar-refractivity contribution in [3.63, 3.8) is 0 Å². The Kier molecular flexibility index (Phi) is 3.66. The predicted octanol–water partition coefficient (Wildman–Crippen LogP) is 1.24. The van der Waals surface area contributed by atoms with E-state index in [0.717, 1.165) is 18.5 Å². The van der Waals surface area contributed by atoms with Crippen molar-refractivity contribution >= 4 is 5.91 Å². The monoisotopic (exact) mass is 248 g/mol. The van der Waals surface area contributed by atoms with Gasteiger partial charge in [0, 0.05) is 25.5 Å². The van der Waals surface area contributed by atoms with Crippen LogP contribution in [-0.2, 0) is 11.2 Å². The highest BCUT2D eigenvalue weighted by Crippen LogP contribution is 2.30. The first kappa shape index (κ1) is 13.0. The van der Waals surface area contributed by atoms with E-state index in [0.29, 0.717) is 13.0 Å². The molecule has 1 unspecified atom stereocenters. The van der Waals surface area contributed by atoms with Crippen LogP contribution in [0.5, 0.6) is 0 Å². The number of aliphatic hydroxyl groups excluding tert-OH is 1. The summed E-state index contributed by atoms with van der Waals surface area (Å²) < 4.78 is 0. The minimum atomic E-state index is -0.441. The van der Waals surface area contributed by atoms with Crippen LogP contribution in [0.4, 0.5) is 0 Å². The van der Waals surface area contributed by atoms with Crippen molar-refractivity contribution in [1.82, 2.24) is 9.88 Å². The van der Waals surface area contributed by atoms with Gasteiger partial charge in [-0.1, -0.05) is 19.9 Å². The Hall–Kier alpha value is -1.42. The highest BCUT2D eigenvalue weighted by molar-refractivity contribution is 5.78. The molecule has 1 saturated heterocycles. The first-order valence-corrected chi connectivity index (χ1v) is 6.34. The lowest BCUT2D eigenvalue weighted by molar-refractivity contribution is -0.137. The zero-order valence-electron chi connectivity index (χ0n) is 11.0. The number of hydrogen-bond donors (Lipinski definition) is 1. The predicted molar refractivity (Wildman–Crippen MR) is 68.9 cm³/mol. The van der Waals surface area contributed by atoms with Crippen LogP contribution in [0.1, 0.15) is 25.8 Å². The van der Waals surface area contributed by atoms with Gasteiger partial charge in [-0.15, -0.1) is 0 Å². The van der Waals surface area contributed by atoms with Crippen LogP contribution in [0.3, 0.4) is 0 Å². The molecule has 2 rings (SSSR count). The maximum Gasteiger partial charge on any atom is 0.227 e. The van der Waals surface area contributed by atoms with Gasteiger partial charge in [0.2, 0.25) is 5.91 Å². The molecule has 18 heavy (non-hydrogen) atoms. The second-order valence-corrected chi connectivity index (χ2v) is 5.63. The summed E-state index contributed by atoms with van der Waals surface area (Å²) in [5.41, 5.74) is 0.826. The Balaban J connectivity index is 1.95. The number of aliphatic hydroxyl groups is 1. The van der Waals surface area contributed by atoms with Gasteiger partial charge in [0.1, 0.15) is 0 Å². The fraction of sp³-hybridized carbons (Fsp3) is 0.571. The summed E-state index contributed by atoms with van der Waals surface area (Å²) in [4.78, 5) is 17.9. The Morgan fingerprint density at radius 1 is 1.61 bits per heavy atom. The van der Waals surface area contributed by atoms with Gasteiger partial charge in [-0.25, -0.2) is 0 Å². The third kappa shape index (κ3) is 2.88. The van der Waals surface area contributed by atoms with E-state index >= 15 is 0 Å². The molecule has 98 valence electrons. The number of amides is 1. The highest BCUT2D eigenvalue weighted by Gasteiger charge is 2.35. The number of likely N-dealkylation sites (tertiary alicyclic amines) is 1. The van der Waals surface area contributed by atoms with Crippen LogP contribution in [0.15, 0.2) is 24.5 Å². The molecule has 4 heteroatoms. The third-order valence-electron chi connectivity index (χ3n) is 3.75. The largest absolute Gasteiger partial charge is 0.391 e. The Morgan fingerprint density at radius 3 is 3.00 bits per heavy atom. The third-order valence-corrected chi connectivity index (χ3v) is 3.75. The summed E-state index contributed by atoms with van der Waals surface area (Å²) in [6.07, 6.45) is 4.17. The molecular formula is C14H20N2O2. The normalized spacial score (nSPS) is 22.8. The second kappa shape index (κ2) is 5.06. The smallest absolute Gasteiger partial charge is 0.227 e. The van der Waals surface area contributed by atoms with Crippen molar-refractivity contribution < 1.29 is 9.90 Å². The van der Waals surface area contributed by atoms with Crippen LogP contribution >= 0.6 is 0 Å². The molecular weight excluding hydrogens is 228 g/mol. The molecule has 1 aliphatic rings. The molecule has 1 atom stereocenters. The van der Waals surface area contributed by atoms with E-state index in [2.05, 4.69) is 4.98 Å². The number of aromatic nitrogens is 1. The van der Waals surface area contributed by atoms with E-state index in [1.165, 1.54) is 0 Å². The summed E-state index contributed by atoms with van der Waals surface area (Å²) >= 11 is 0. The number of piperidine rings is 1. The van der Waals surface area contributed by atoms with Gasteiger partial charge in [0.15, 0.2) is 0 Å². The Bertz CT molecular complexity index is 417. The minimum absolute atomic E-state index is 0.0672. The fourth-order valence-corrected chi connectivity index (χ4v) is 2.15. The molecule has 0 spiro atoms. The molecule has 0 aromatic carbocycles. The number of rotatable bonds is 2. The highest BCUT2D eigenvalue weighted by atomic mass is 16.3. The number of carbonyl (C=O) groups is 1. The lowest BCUT2D eigenvalue weighted by atomic mass is 9.80. The fourth-order valence-electron chi connectivity index (χ4n) is 2.15. The number of hydrogen-bond acceptors (Lipinski definition) is 3. The molecule has 2 heterocycles. The van der Waals surface area contributed by atoms with Crippen molar-refractivity contribution in [2.45, 2.75) is 32.8 Å². The quantitative estimate of drug-likeness (QED) is 0.857. The first-order valence-electron chi connectivity index (χ1n) is 6.34. The average Bonchev–Trinajstić information content (AvgIpc) is 2.34. The van der Waals surface area contributed by atoms with Gasteiger partial charge in [0.05, 0.1) is 12.5 Å². The standard InChI is InChI=1S/C14H20N2O2/c1-14(2)5-7-16(10-12(14)17)13(18)8-11-4-3-6-15-9-11/h3-4,6,9,12,17H,5,7-8,10H2,1-2H3. The van der Waals surface area contributed by atoms with Crippen LogP contribution in [0.25, 0.3) is 0 Å². The van der Waals surface area contributed by atoms with Crippen LogP contribution in [-0.4, -0.2) is 40.1 Å². The molecule has 1 amide bonds. The maximum atomic E-state index is 12.1. The number of nitrogens with zero attached hydrogens (tertiary/aromatic N) is 2. The zero-order chi connectivity index (χ0) is 13.2. The molecule has 4 nitrogen and oxygen atoms in total. The summed E-state index contributed by atoms with van der Waals surface area (Å²) in [5.74, 6) is 0.0672. The van der Waals surface area contributed by atoms with Crippen LogP contribution < -0.4 is 0 Å². The van der Waals surface area contributed by atoms with Crippen molar-refractivity contribution in [2.24, 2.45) is 5.41 Å². The van der Waals surface area contributed by atoms with E-state index in [1.807, 2.05) is 26.0 Å². The van der Waals surface area contributed by atoms with Gasteiger partial charge < -0.3 is 10.0 Å². The topological polar surface area (TPSA) is 53.4 Å². The zero-order valence-corrected chi connectivity index (χ0v) is 11.0. The molecule has 1 aromatic heterocycles. The summed E-state index contributed by atoms with van der Waals surface area (Å²) in [6, 6.07) is 3.73. The van der Waals surface area contributed by atoms with Gasteiger partial charge in [0.25, 0.3) is 0 Å². The molecule has 0 bridgehead atoms. The van der Waals surface area contributed by atoms with Crippen molar-refractivity contribution in [3.8, 4) is 0 Å². The Morgan fingerprint density at radius 2 is 2.39 bits per heavy atom. The number of β-amino-alcohol motifs (C(OH)–C–C–N with tert-alkyl or cyclic N) is 1. The first-order chi connectivity index (χ1) is 8.49. The molecule has 1 fully saturated rings. The lowest BCUT2D eigenvalue weighted by Crippen LogP contribution is -2.50. The average molecular weight is 248 g/mol. The maximum absolute atomic E-state index is 12.1. The van der Waals surface area contributed by atoms with Crippen LogP contribution in [0.2, 0.25) is 0 Å². The van der Waals surface area contributed by atoms with E-state index < -0.39 is 6.10 Å². The molecule has 0 saturated carbocycles. The second-order valence-electron chi connectivity index (χ2n) is 5.63. The molecule has 1 aliphatic heterocycles. The van der Waals surface area contributed by atoms with Gasteiger partial charge in [-0.3, -0.25) is 9.78 Å². The molecule has 0 radical (unpaired) electrons. The van der Waals surface area contributed by atoms with Crippen molar-refractivity contribution in [1.29, 1.82) is 0 Å². The van der Waals surface area contributed by atoms with Crippen molar-refractivity contribution in [3.05, 3.63) is 30.1 Å². The summed E-state index contributed by atoms with van der Waals surface area (Å²) in [6.45, 7) is 5.25. The van der Waals surface area contributed by atoms with E-state index in [-0.39, 0.29) is 11.3 Å². The SMILES string of the molecule is CC1(C)CCN(C(=O)Cc2cccnc2)CC1O. The lowest BCUT2D eigenvalue weighted by Gasteiger charge is -2.41. The van der Waals surface area contributed by atoms with Crippen molar-refractivity contribution in [2.75, 3.05) is 13.1 Å². The number of pyridine rings is 1. The molecule has 0 aliphatic carbocycles. The Labute approximate surface area is 108 Å². The number of carbonyl (C=O) groups excluding carboxylic acids is 1. The van der Waals surface area contributed by atoms with E-state index in [1.54, 1.807) is 17.3 Å². The van der Waals surface area contributed by atoms with Gasteiger partial charge >= 0.3 is 0 Å². The van der Waals surface area contributed by atoms with Crippen LogP contribution in [0, 0.1) is 5.41 Å². The molecule has 1 aromatic rings. The minimum Gasteiger partial charge on any atom is -0.391 e. The van der Waals surface area contributed by atoms with Gasteiger partial charge in [-0.2, -0.15) is 0 Å².